The lowest BCUT2D eigenvalue weighted by Crippen LogP contribution is -2.08. The Kier molecular flexibility index (Phi) is 3.80. The third-order valence-corrected chi connectivity index (χ3v) is 4.20. The van der Waals surface area contributed by atoms with E-state index >= 15 is 0 Å². The number of ketones is 1. The normalized spacial score (nSPS) is 11.9. The molecule has 0 spiro atoms. The molecule has 3 aromatic rings. The lowest BCUT2D eigenvalue weighted by molar-refractivity contribution is -0.137. The van der Waals surface area contributed by atoms with Crippen LogP contribution < -0.4 is 0 Å². The van der Waals surface area contributed by atoms with Crippen molar-refractivity contribution in [2.75, 3.05) is 0 Å². The average Bonchev–Trinajstić information content (AvgIpc) is 2.85. The Bertz CT molecular complexity index is 910. The van der Waals surface area contributed by atoms with Crippen molar-refractivity contribution in [3.8, 4) is 0 Å². The van der Waals surface area contributed by atoms with Crippen molar-refractivity contribution in [3.63, 3.8) is 0 Å². The molecule has 23 heavy (non-hydrogen) atoms. The Morgan fingerprint density at radius 3 is 2.48 bits per heavy atom. The molecule has 6 heteroatoms. The van der Waals surface area contributed by atoms with Crippen LogP contribution in [0.15, 0.2) is 51.4 Å². The summed E-state index contributed by atoms with van der Waals surface area (Å²) in [6.07, 6.45) is -4.50. The standard InChI is InChI=1S/C17H10BrF3O2/c1-9-12-6-3-7-13(18)16(12)23-15(9)14(22)10-4-2-5-11(8-10)17(19,20)21/h2-8H,1H3. The quantitative estimate of drug-likeness (QED) is 0.528. The zero-order valence-electron chi connectivity index (χ0n) is 11.9. The molecule has 2 nitrogen and oxygen atoms in total. The summed E-state index contributed by atoms with van der Waals surface area (Å²) in [5, 5.41) is 0.745. The summed E-state index contributed by atoms with van der Waals surface area (Å²) >= 11 is 3.33. The molecule has 2 aromatic carbocycles. The van der Waals surface area contributed by atoms with Gasteiger partial charge in [-0.25, -0.2) is 0 Å². The molecular weight excluding hydrogens is 373 g/mol. The van der Waals surface area contributed by atoms with E-state index in [1.165, 1.54) is 12.1 Å². The Labute approximate surface area is 138 Å². The van der Waals surface area contributed by atoms with Gasteiger partial charge in [0.15, 0.2) is 5.76 Å². The van der Waals surface area contributed by atoms with Crippen LogP contribution in [0.4, 0.5) is 13.2 Å². The van der Waals surface area contributed by atoms with Gasteiger partial charge in [-0.2, -0.15) is 13.2 Å². The third-order valence-electron chi connectivity index (χ3n) is 3.57. The Hall–Kier alpha value is -2.08. The van der Waals surface area contributed by atoms with E-state index in [-0.39, 0.29) is 11.3 Å². The molecule has 0 amide bonds. The second kappa shape index (κ2) is 5.53. The van der Waals surface area contributed by atoms with Crippen molar-refractivity contribution in [3.05, 3.63) is 69.4 Å². The van der Waals surface area contributed by atoms with Gasteiger partial charge in [0.25, 0.3) is 0 Å². The highest BCUT2D eigenvalue weighted by Crippen LogP contribution is 2.33. The maximum atomic E-state index is 12.8. The Morgan fingerprint density at radius 1 is 1.13 bits per heavy atom. The fourth-order valence-electron chi connectivity index (χ4n) is 2.39. The number of fused-ring (bicyclic) bond motifs is 1. The van der Waals surface area contributed by atoms with Gasteiger partial charge < -0.3 is 4.42 Å². The number of hydrogen-bond donors (Lipinski definition) is 0. The highest BCUT2D eigenvalue weighted by atomic mass is 79.9. The minimum Gasteiger partial charge on any atom is -0.451 e. The van der Waals surface area contributed by atoms with Gasteiger partial charge in [-0.15, -0.1) is 0 Å². The summed E-state index contributed by atoms with van der Waals surface area (Å²) < 4.78 is 44.7. The molecule has 0 unspecified atom stereocenters. The second-order valence-electron chi connectivity index (χ2n) is 5.08. The zero-order chi connectivity index (χ0) is 16.8. The highest BCUT2D eigenvalue weighted by Gasteiger charge is 2.31. The predicted octanol–water partition coefficient (Wildman–Crippen LogP) is 5.75. The first-order valence-corrected chi connectivity index (χ1v) is 7.48. The molecule has 1 heterocycles. The molecular formula is C17H10BrF3O2. The minimum absolute atomic E-state index is 0.0474. The SMILES string of the molecule is Cc1c(C(=O)c2cccc(C(F)(F)F)c2)oc2c(Br)cccc12. The van der Waals surface area contributed by atoms with Crippen molar-refractivity contribution < 1.29 is 22.4 Å². The van der Waals surface area contributed by atoms with E-state index in [1.54, 1.807) is 25.1 Å². The largest absolute Gasteiger partial charge is 0.451 e. The number of aryl methyl sites for hydroxylation is 1. The van der Waals surface area contributed by atoms with E-state index in [2.05, 4.69) is 15.9 Å². The summed E-state index contributed by atoms with van der Waals surface area (Å²) in [6, 6.07) is 9.69. The van der Waals surface area contributed by atoms with Crippen LogP contribution in [0, 0.1) is 6.92 Å². The molecule has 0 aliphatic rings. The van der Waals surface area contributed by atoms with Gasteiger partial charge in [0.1, 0.15) is 5.58 Å². The fourth-order valence-corrected chi connectivity index (χ4v) is 2.84. The van der Waals surface area contributed by atoms with E-state index in [0.717, 1.165) is 17.5 Å². The molecule has 0 saturated carbocycles. The van der Waals surface area contributed by atoms with Gasteiger partial charge in [-0.1, -0.05) is 24.3 Å². The van der Waals surface area contributed by atoms with Gasteiger partial charge in [-0.3, -0.25) is 4.79 Å². The van der Waals surface area contributed by atoms with Gasteiger partial charge in [0.05, 0.1) is 10.0 Å². The summed E-state index contributed by atoms with van der Waals surface area (Å²) in [5.41, 5.74) is 0.181. The van der Waals surface area contributed by atoms with Crippen LogP contribution in [0.2, 0.25) is 0 Å². The Morgan fingerprint density at radius 2 is 1.83 bits per heavy atom. The van der Waals surface area contributed by atoms with Crippen molar-refractivity contribution in [2.45, 2.75) is 13.1 Å². The highest BCUT2D eigenvalue weighted by molar-refractivity contribution is 9.10. The van der Waals surface area contributed by atoms with E-state index < -0.39 is 17.5 Å². The van der Waals surface area contributed by atoms with E-state index in [9.17, 15) is 18.0 Å². The van der Waals surface area contributed by atoms with E-state index in [4.69, 9.17) is 4.42 Å². The number of benzene rings is 2. The molecule has 0 aliphatic carbocycles. The first kappa shape index (κ1) is 15.8. The number of halogens is 4. The van der Waals surface area contributed by atoms with Crippen molar-refractivity contribution in [2.24, 2.45) is 0 Å². The van der Waals surface area contributed by atoms with E-state index in [1.807, 2.05) is 0 Å². The van der Waals surface area contributed by atoms with Crippen LogP contribution in [0.1, 0.15) is 27.2 Å². The summed E-state index contributed by atoms with van der Waals surface area (Å²) in [5.74, 6) is -0.525. The molecule has 3 rings (SSSR count). The monoisotopic (exact) mass is 382 g/mol. The van der Waals surface area contributed by atoms with Gasteiger partial charge in [-0.05, 0) is 41.1 Å². The molecule has 1 aromatic heterocycles. The first-order valence-electron chi connectivity index (χ1n) is 6.68. The number of hydrogen-bond acceptors (Lipinski definition) is 2. The molecule has 0 aliphatic heterocycles. The van der Waals surface area contributed by atoms with Crippen LogP contribution in [0.25, 0.3) is 11.0 Å². The second-order valence-corrected chi connectivity index (χ2v) is 5.93. The minimum atomic E-state index is -4.50. The Balaban J connectivity index is 2.11. The number of carbonyl (C=O) groups excluding carboxylic acids is 1. The number of rotatable bonds is 2. The van der Waals surface area contributed by atoms with Gasteiger partial charge in [0, 0.05) is 16.5 Å². The molecule has 0 bridgehead atoms. The number of furan rings is 1. The lowest BCUT2D eigenvalue weighted by atomic mass is 10.0. The maximum Gasteiger partial charge on any atom is 0.416 e. The van der Waals surface area contributed by atoms with Crippen LogP contribution in [0.3, 0.4) is 0 Å². The summed E-state index contributed by atoms with van der Waals surface area (Å²) in [6.45, 7) is 1.71. The lowest BCUT2D eigenvalue weighted by Gasteiger charge is -2.07. The molecule has 0 saturated heterocycles. The molecule has 118 valence electrons. The molecule has 0 radical (unpaired) electrons. The van der Waals surface area contributed by atoms with Crippen LogP contribution in [-0.2, 0) is 6.18 Å². The number of para-hydroxylation sites is 1. The fraction of sp³-hybridized carbons (Fsp3) is 0.118. The van der Waals surface area contributed by atoms with Crippen molar-refractivity contribution >= 4 is 32.7 Å². The van der Waals surface area contributed by atoms with Gasteiger partial charge in [0.2, 0.25) is 5.78 Å². The molecule has 0 N–H and O–H groups in total. The summed E-state index contributed by atoms with van der Waals surface area (Å²) in [7, 11) is 0. The number of carbonyl (C=O) groups is 1. The average molecular weight is 383 g/mol. The van der Waals surface area contributed by atoms with Crippen molar-refractivity contribution in [1.29, 1.82) is 0 Å². The summed E-state index contributed by atoms with van der Waals surface area (Å²) in [4.78, 5) is 12.6. The smallest absolute Gasteiger partial charge is 0.416 e. The number of alkyl halides is 3. The third kappa shape index (κ3) is 2.79. The first-order chi connectivity index (χ1) is 10.8. The van der Waals surface area contributed by atoms with Crippen LogP contribution in [0.5, 0.6) is 0 Å². The zero-order valence-corrected chi connectivity index (χ0v) is 13.5. The van der Waals surface area contributed by atoms with Crippen molar-refractivity contribution in [1.82, 2.24) is 0 Å². The van der Waals surface area contributed by atoms with Crippen LogP contribution in [-0.4, -0.2) is 5.78 Å². The topological polar surface area (TPSA) is 30.2 Å². The predicted molar refractivity (Wildman–Crippen MR) is 83.5 cm³/mol. The van der Waals surface area contributed by atoms with E-state index in [0.29, 0.717) is 15.6 Å². The molecule has 0 fully saturated rings. The maximum absolute atomic E-state index is 12.8. The van der Waals surface area contributed by atoms with Crippen LogP contribution >= 0.6 is 15.9 Å². The molecule has 0 atom stereocenters. The van der Waals surface area contributed by atoms with Gasteiger partial charge >= 0.3 is 6.18 Å².